The third-order valence-corrected chi connectivity index (χ3v) is 3.50. The molecule has 0 saturated heterocycles. The zero-order chi connectivity index (χ0) is 14.0. The van der Waals surface area contributed by atoms with Crippen LogP contribution in [0.5, 0.6) is 0 Å². The molecule has 2 aromatic rings. The highest BCUT2D eigenvalue weighted by Gasteiger charge is 2.45. The van der Waals surface area contributed by atoms with Crippen LogP contribution in [-0.2, 0) is 5.54 Å². The fourth-order valence-electron chi connectivity index (χ4n) is 2.23. The first-order chi connectivity index (χ1) is 9.68. The molecule has 1 aliphatic rings. The van der Waals surface area contributed by atoms with Gasteiger partial charge in [-0.15, -0.1) is 0 Å². The maximum absolute atomic E-state index is 12.0. The summed E-state index contributed by atoms with van der Waals surface area (Å²) >= 11 is 0. The molecule has 0 unspecified atom stereocenters. The van der Waals surface area contributed by atoms with Crippen molar-refractivity contribution in [2.75, 3.05) is 11.1 Å². The fraction of sp³-hybridized carbons (Fsp3) is 0.200. The predicted molar refractivity (Wildman–Crippen MR) is 78.2 cm³/mol. The Hall–Kier alpha value is -2.56. The van der Waals surface area contributed by atoms with E-state index < -0.39 is 0 Å². The Morgan fingerprint density at radius 2 is 1.75 bits per heavy atom. The SMILES string of the molecule is Nc1ccc(C2(NC(=O)Nc3ccncc3)CC2)cc1. The maximum Gasteiger partial charge on any atom is 0.319 e. The Morgan fingerprint density at radius 1 is 1.10 bits per heavy atom. The molecule has 5 nitrogen and oxygen atoms in total. The van der Waals surface area contributed by atoms with Crippen molar-refractivity contribution < 1.29 is 4.79 Å². The van der Waals surface area contributed by atoms with Gasteiger partial charge in [-0.1, -0.05) is 12.1 Å². The molecule has 5 heteroatoms. The smallest absolute Gasteiger partial charge is 0.319 e. The summed E-state index contributed by atoms with van der Waals surface area (Å²) in [5.41, 5.74) is 7.99. The van der Waals surface area contributed by atoms with Crippen LogP contribution in [0.2, 0.25) is 0 Å². The molecule has 1 heterocycles. The summed E-state index contributed by atoms with van der Waals surface area (Å²) in [5.74, 6) is 0. The van der Waals surface area contributed by atoms with E-state index in [1.165, 1.54) is 0 Å². The average Bonchev–Trinajstić information content (AvgIpc) is 3.21. The van der Waals surface area contributed by atoms with E-state index in [4.69, 9.17) is 5.73 Å². The van der Waals surface area contributed by atoms with Gasteiger partial charge in [-0.2, -0.15) is 0 Å². The number of benzene rings is 1. The molecule has 0 aliphatic heterocycles. The van der Waals surface area contributed by atoms with Crippen molar-refractivity contribution >= 4 is 17.4 Å². The summed E-state index contributed by atoms with van der Waals surface area (Å²) in [6, 6.07) is 11.0. The molecule has 4 N–H and O–H groups in total. The van der Waals surface area contributed by atoms with Gasteiger partial charge in [0.25, 0.3) is 0 Å². The fourth-order valence-corrected chi connectivity index (χ4v) is 2.23. The first-order valence-corrected chi connectivity index (χ1v) is 6.53. The molecule has 0 bridgehead atoms. The second-order valence-electron chi connectivity index (χ2n) is 5.02. The summed E-state index contributed by atoms with van der Waals surface area (Å²) in [7, 11) is 0. The molecule has 1 aromatic heterocycles. The third-order valence-electron chi connectivity index (χ3n) is 3.50. The van der Waals surface area contributed by atoms with Gasteiger partial charge in [-0.05, 0) is 42.7 Å². The van der Waals surface area contributed by atoms with Crippen molar-refractivity contribution in [2.45, 2.75) is 18.4 Å². The largest absolute Gasteiger partial charge is 0.399 e. The van der Waals surface area contributed by atoms with Crippen LogP contribution in [0.15, 0.2) is 48.8 Å². The van der Waals surface area contributed by atoms with E-state index in [0.29, 0.717) is 0 Å². The lowest BCUT2D eigenvalue weighted by molar-refractivity contribution is 0.247. The van der Waals surface area contributed by atoms with Crippen LogP contribution in [-0.4, -0.2) is 11.0 Å². The lowest BCUT2D eigenvalue weighted by Gasteiger charge is -2.18. The molecule has 0 atom stereocenters. The van der Waals surface area contributed by atoms with Gasteiger partial charge >= 0.3 is 6.03 Å². The number of nitrogens with two attached hydrogens (primary N) is 1. The second-order valence-corrected chi connectivity index (χ2v) is 5.02. The number of hydrogen-bond donors (Lipinski definition) is 3. The van der Waals surface area contributed by atoms with Gasteiger partial charge in [0, 0.05) is 23.8 Å². The molecule has 1 aliphatic carbocycles. The number of pyridine rings is 1. The van der Waals surface area contributed by atoms with Crippen molar-refractivity contribution in [3.05, 3.63) is 54.4 Å². The number of carbonyl (C=O) groups is 1. The van der Waals surface area contributed by atoms with Crippen molar-refractivity contribution in [3.63, 3.8) is 0 Å². The molecule has 1 fully saturated rings. The van der Waals surface area contributed by atoms with Crippen molar-refractivity contribution in [3.8, 4) is 0 Å². The Balaban J connectivity index is 1.68. The molecule has 20 heavy (non-hydrogen) atoms. The van der Waals surface area contributed by atoms with Gasteiger partial charge in [-0.3, -0.25) is 4.98 Å². The highest BCUT2D eigenvalue weighted by molar-refractivity contribution is 5.90. The number of nitrogens with one attached hydrogen (secondary N) is 2. The molecule has 2 amide bonds. The van der Waals surface area contributed by atoms with E-state index in [1.807, 2.05) is 24.3 Å². The molecule has 0 spiro atoms. The standard InChI is InChI=1S/C15H16N4O/c16-12-3-1-11(2-4-12)15(7-8-15)19-14(20)18-13-5-9-17-10-6-13/h1-6,9-10H,7-8,16H2,(H2,17,18,19,20). The maximum atomic E-state index is 12.0. The molecule has 102 valence electrons. The Kier molecular flexibility index (Phi) is 3.02. The van der Waals surface area contributed by atoms with Crippen LogP contribution in [0.1, 0.15) is 18.4 Å². The number of amides is 2. The minimum absolute atomic E-state index is 0.203. The van der Waals surface area contributed by atoms with Gasteiger partial charge in [0.05, 0.1) is 5.54 Å². The molecular weight excluding hydrogens is 252 g/mol. The number of rotatable bonds is 3. The van der Waals surface area contributed by atoms with Crippen LogP contribution in [0.4, 0.5) is 16.2 Å². The van der Waals surface area contributed by atoms with Gasteiger partial charge in [0.1, 0.15) is 0 Å². The number of hydrogen-bond acceptors (Lipinski definition) is 3. The van der Waals surface area contributed by atoms with Crippen molar-refractivity contribution in [1.82, 2.24) is 10.3 Å². The number of nitrogens with zero attached hydrogens (tertiary/aromatic N) is 1. The topological polar surface area (TPSA) is 80.0 Å². The zero-order valence-electron chi connectivity index (χ0n) is 11.0. The molecule has 1 aromatic carbocycles. The molecular formula is C15H16N4O. The van der Waals surface area contributed by atoms with Crippen LogP contribution in [0.3, 0.4) is 0 Å². The van der Waals surface area contributed by atoms with E-state index in [9.17, 15) is 4.79 Å². The van der Waals surface area contributed by atoms with Crippen LogP contribution < -0.4 is 16.4 Å². The Bertz CT molecular complexity index is 606. The van der Waals surface area contributed by atoms with E-state index >= 15 is 0 Å². The summed E-state index contributed by atoms with van der Waals surface area (Å²) in [6.07, 6.45) is 5.17. The summed E-state index contributed by atoms with van der Waals surface area (Å²) in [6.45, 7) is 0. The first-order valence-electron chi connectivity index (χ1n) is 6.53. The van der Waals surface area contributed by atoms with E-state index in [-0.39, 0.29) is 11.6 Å². The first kappa shape index (κ1) is 12.5. The number of nitrogen functional groups attached to an aromatic ring is 1. The average molecular weight is 268 g/mol. The predicted octanol–water partition coefficient (Wildman–Crippen LogP) is 2.47. The molecule has 1 saturated carbocycles. The summed E-state index contributed by atoms with van der Waals surface area (Å²) < 4.78 is 0. The van der Waals surface area contributed by atoms with E-state index in [0.717, 1.165) is 29.8 Å². The van der Waals surface area contributed by atoms with Crippen LogP contribution in [0, 0.1) is 0 Å². The summed E-state index contributed by atoms with van der Waals surface area (Å²) in [4.78, 5) is 16.0. The highest BCUT2D eigenvalue weighted by Crippen LogP contribution is 2.45. The van der Waals surface area contributed by atoms with Crippen molar-refractivity contribution in [1.29, 1.82) is 0 Å². The zero-order valence-corrected chi connectivity index (χ0v) is 11.0. The number of aromatic nitrogens is 1. The van der Waals surface area contributed by atoms with Crippen LogP contribution >= 0.6 is 0 Å². The summed E-state index contributed by atoms with van der Waals surface area (Å²) in [5, 5.41) is 5.84. The number of carbonyl (C=O) groups excluding carboxylic acids is 1. The number of urea groups is 1. The van der Waals surface area contributed by atoms with Gasteiger partial charge in [0.2, 0.25) is 0 Å². The lowest BCUT2D eigenvalue weighted by atomic mass is 10.0. The van der Waals surface area contributed by atoms with Gasteiger partial charge < -0.3 is 16.4 Å². The van der Waals surface area contributed by atoms with Crippen molar-refractivity contribution in [2.24, 2.45) is 0 Å². The van der Waals surface area contributed by atoms with Crippen LogP contribution in [0.25, 0.3) is 0 Å². The minimum atomic E-state index is -0.245. The second kappa shape index (κ2) is 4.85. The highest BCUT2D eigenvalue weighted by atomic mass is 16.2. The molecule has 3 rings (SSSR count). The Labute approximate surface area is 117 Å². The normalized spacial score (nSPS) is 15.4. The Morgan fingerprint density at radius 3 is 2.35 bits per heavy atom. The quantitative estimate of drug-likeness (QED) is 0.748. The molecule has 0 radical (unpaired) electrons. The monoisotopic (exact) mass is 268 g/mol. The third kappa shape index (κ3) is 2.56. The van der Waals surface area contributed by atoms with Gasteiger partial charge in [-0.25, -0.2) is 4.79 Å². The van der Waals surface area contributed by atoms with E-state index in [2.05, 4.69) is 15.6 Å². The lowest BCUT2D eigenvalue weighted by Crippen LogP contribution is -2.38. The van der Waals surface area contributed by atoms with Gasteiger partial charge in [0.15, 0.2) is 0 Å². The van der Waals surface area contributed by atoms with E-state index in [1.54, 1.807) is 24.5 Å². The number of anilines is 2. The minimum Gasteiger partial charge on any atom is -0.399 e.